The molecule has 2 aliphatic carbocycles. The molecular formula is C29H36N3O+. The molecule has 1 amide bonds. The van der Waals surface area contributed by atoms with Crippen molar-refractivity contribution < 1.29 is 9.28 Å². The lowest BCUT2D eigenvalue weighted by Crippen LogP contribution is -2.63. The summed E-state index contributed by atoms with van der Waals surface area (Å²) < 4.78 is 1.26. The molecule has 1 saturated carbocycles. The summed E-state index contributed by atoms with van der Waals surface area (Å²) in [6.45, 7) is 5.74. The lowest BCUT2D eigenvalue weighted by molar-refractivity contribution is -0.941. The third-order valence-corrected chi connectivity index (χ3v) is 8.91. The van der Waals surface area contributed by atoms with Gasteiger partial charge in [0, 0.05) is 54.4 Å². The van der Waals surface area contributed by atoms with E-state index in [9.17, 15) is 4.79 Å². The predicted octanol–water partition coefficient (Wildman–Crippen LogP) is 4.97. The first-order valence-electron chi connectivity index (χ1n) is 12.7. The number of likely N-dealkylation sites (N-methyl/N-ethyl adjacent to an activating group) is 1. The summed E-state index contributed by atoms with van der Waals surface area (Å²) in [5, 5.41) is 4.38. The molecule has 3 atom stereocenters. The van der Waals surface area contributed by atoms with Gasteiger partial charge in [0.15, 0.2) is 0 Å². The maximum Gasteiger partial charge on any atom is 0.251 e. The number of aromatic nitrogens is 1. The molecule has 4 nitrogen and oxygen atoms in total. The van der Waals surface area contributed by atoms with Gasteiger partial charge in [-0.25, -0.2) is 0 Å². The Kier molecular flexibility index (Phi) is 4.91. The molecule has 1 saturated heterocycles. The fourth-order valence-electron chi connectivity index (χ4n) is 6.59. The fourth-order valence-corrected chi connectivity index (χ4v) is 6.59. The Morgan fingerprint density at radius 1 is 1.18 bits per heavy atom. The average molecular weight is 443 g/mol. The van der Waals surface area contributed by atoms with Gasteiger partial charge in [0.25, 0.3) is 5.91 Å². The molecule has 2 unspecified atom stereocenters. The van der Waals surface area contributed by atoms with Gasteiger partial charge in [0.2, 0.25) is 0 Å². The molecule has 2 fully saturated rings. The quantitative estimate of drug-likeness (QED) is 0.520. The number of amides is 1. The van der Waals surface area contributed by atoms with Gasteiger partial charge in [-0.2, -0.15) is 0 Å². The van der Waals surface area contributed by atoms with E-state index in [1.165, 1.54) is 65.3 Å². The van der Waals surface area contributed by atoms with Crippen molar-refractivity contribution in [2.75, 3.05) is 26.7 Å². The van der Waals surface area contributed by atoms with Crippen LogP contribution in [0.2, 0.25) is 0 Å². The summed E-state index contributed by atoms with van der Waals surface area (Å²) in [5.41, 5.74) is 6.34. The van der Waals surface area contributed by atoms with Crippen LogP contribution in [0.1, 0.15) is 59.7 Å². The van der Waals surface area contributed by atoms with Crippen LogP contribution in [0, 0.1) is 5.92 Å². The number of H-pyrrole nitrogens is 1. The zero-order chi connectivity index (χ0) is 22.6. The maximum absolute atomic E-state index is 13.0. The highest BCUT2D eigenvalue weighted by molar-refractivity contribution is 5.94. The highest BCUT2D eigenvalue weighted by Crippen LogP contribution is 2.48. The smallest absolute Gasteiger partial charge is 0.251 e. The number of aromatic amines is 1. The molecule has 33 heavy (non-hydrogen) atoms. The monoisotopic (exact) mass is 442 g/mol. The first-order valence-corrected chi connectivity index (χ1v) is 12.7. The summed E-state index contributed by atoms with van der Waals surface area (Å²) >= 11 is 0. The third kappa shape index (κ3) is 3.89. The van der Waals surface area contributed by atoms with Crippen LogP contribution in [0.5, 0.6) is 0 Å². The number of nitrogens with zero attached hydrogens (tertiary/aromatic N) is 1. The van der Waals surface area contributed by atoms with Crippen molar-refractivity contribution in [1.29, 1.82) is 0 Å². The Hall–Kier alpha value is -2.59. The molecule has 2 N–H and O–H groups in total. The van der Waals surface area contributed by atoms with E-state index in [1.807, 2.05) is 6.20 Å². The molecule has 172 valence electrons. The first kappa shape index (κ1) is 21.0. The van der Waals surface area contributed by atoms with Gasteiger partial charge in [-0.3, -0.25) is 4.79 Å². The molecule has 2 aromatic carbocycles. The fraction of sp³-hybridized carbons (Fsp3) is 0.483. The number of carbonyl (C=O) groups is 1. The highest BCUT2D eigenvalue weighted by atomic mass is 16.1. The van der Waals surface area contributed by atoms with Crippen molar-refractivity contribution in [1.82, 2.24) is 10.3 Å². The molecule has 1 aliphatic heterocycles. The summed E-state index contributed by atoms with van der Waals surface area (Å²) in [6, 6.07) is 15.8. The van der Waals surface area contributed by atoms with Gasteiger partial charge in [0.1, 0.15) is 0 Å². The molecule has 0 radical (unpaired) electrons. The van der Waals surface area contributed by atoms with Crippen molar-refractivity contribution in [2.24, 2.45) is 5.92 Å². The summed E-state index contributed by atoms with van der Waals surface area (Å²) in [5.74, 6) is 1.02. The normalized spacial score (nSPS) is 28.5. The molecule has 0 spiro atoms. The molecule has 4 heteroatoms. The molecule has 3 aromatic rings. The van der Waals surface area contributed by atoms with Gasteiger partial charge in [-0.05, 0) is 71.7 Å². The number of quaternary nitrogens is 1. The number of hydrogen-bond donors (Lipinski definition) is 2. The van der Waals surface area contributed by atoms with Crippen LogP contribution >= 0.6 is 0 Å². The minimum atomic E-state index is 0.0522. The molecule has 2 bridgehead atoms. The number of likely N-dealkylation sites (tertiary alicyclic amines) is 1. The van der Waals surface area contributed by atoms with E-state index in [0.717, 1.165) is 35.9 Å². The van der Waals surface area contributed by atoms with Crippen LogP contribution in [0.4, 0.5) is 0 Å². The van der Waals surface area contributed by atoms with E-state index in [0.29, 0.717) is 6.54 Å². The van der Waals surface area contributed by atoms with Gasteiger partial charge in [-0.1, -0.05) is 19.1 Å². The van der Waals surface area contributed by atoms with Crippen LogP contribution in [-0.2, 0) is 18.3 Å². The second kappa shape index (κ2) is 7.73. The number of carbonyl (C=O) groups excluding carboxylic acids is 1. The molecule has 3 aliphatic rings. The number of rotatable bonds is 6. The Morgan fingerprint density at radius 3 is 2.91 bits per heavy atom. The Bertz CT molecular complexity index is 1210. The second-order valence-corrected chi connectivity index (χ2v) is 11.5. The van der Waals surface area contributed by atoms with Gasteiger partial charge < -0.3 is 14.8 Å². The summed E-state index contributed by atoms with van der Waals surface area (Å²) in [6.07, 6.45) is 9.34. The summed E-state index contributed by atoms with van der Waals surface area (Å²) in [7, 11) is 2.50. The minimum absolute atomic E-state index is 0.0522. The maximum atomic E-state index is 13.0. The van der Waals surface area contributed by atoms with Crippen LogP contribution < -0.4 is 5.32 Å². The lowest BCUT2D eigenvalue weighted by atomic mass is 9.64. The van der Waals surface area contributed by atoms with E-state index in [4.69, 9.17) is 0 Å². The number of piperidine rings is 1. The van der Waals surface area contributed by atoms with Crippen molar-refractivity contribution in [2.45, 2.75) is 56.9 Å². The number of fused-ring (bicyclic) bond motifs is 5. The van der Waals surface area contributed by atoms with Crippen LogP contribution in [0.25, 0.3) is 10.9 Å². The second-order valence-electron chi connectivity index (χ2n) is 11.5. The zero-order valence-corrected chi connectivity index (χ0v) is 20.0. The molecular weight excluding hydrogens is 406 g/mol. The Morgan fingerprint density at radius 2 is 2.06 bits per heavy atom. The van der Waals surface area contributed by atoms with E-state index in [1.54, 1.807) is 0 Å². The number of hydrogen-bond acceptors (Lipinski definition) is 1. The van der Waals surface area contributed by atoms with Crippen molar-refractivity contribution in [3.8, 4) is 0 Å². The molecule has 6 rings (SSSR count). The van der Waals surface area contributed by atoms with E-state index >= 15 is 0 Å². The molecule has 2 heterocycles. The van der Waals surface area contributed by atoms with E-state index < -0.39 is 0 Å². The van der Waals surface area contributed by atoms with Crippen LogP contribution in [-0.4, -0.2) is 48.1 Å². The predicted molar refractivity (Wildman–Crippen MR) is 133 cm³/mol. The van der Waals surface area contributed by atoms with Crippen molar-refractivity contribution >= 4 is 16.8 Å². The highest BCUT2D eigenvalue weighted by Gasteiger charge is 2.51. The Labute approximate surface area is 197 Å². The van der Waals surface area contributed by atoms with Gasteiger partial charge in [-0.15, -0.1) is 0 Å². The van der Waals surface area contributed by atoms with E-state index in [2.05, 4.69) is 66.7 Å². The lowest BCUT2D eigenvalue weighted by Gasteiger charge is -2.54. The van der Waals surface area contributed by atoms with E-state index in [-0.39, 0.29) is 11.3 Å². The Balaban J connectivity index is 1.14. The minimum Gasteiger partial charge on any atom is -0.361 e. The number of nitrogens with one attached hydrogen (secondary N) is 2. The van der Waals surface area contributed by atoms with Gasteiger partial charge >= 0.3 is 0 Å². The van der Waals surface area contributed by atoms with Crippen molar-refractivity contribution in [3.63, 3.8) is 0 Å². The molecule has 1 aromatic heterocycles. The third-order valence-electron chi connectivity index (χ3n) is 8.91. The zero-order valence-electron chi connectivity index (χ0n) is 20.0. The largest absolute Gasteiger partial charge is 0.361 e. The van der Waals surface area contributed by atoms with Crippen LogP contribution in [0.3, 0.4) is 0 Å². The average Bonchev–Trinajstić information content (AvgIpc) is 3.49. The SMILES string of the molecule is C[C@]12CC[N+](C)(CC3CC3)C(Cc3ccc(C(=O)NCCc4ccc5[nH]ccc5c4)cc31)C2. The van der Waals surface area contributed by atoms with Crippen LogP contribution in [0.15, 0.2) is 48.7 Å². The standard InChI is InChI=1S/C29H35N3O/c1-29-11-14-32(2,19-21-3-4-21)25(18-29)16-22-6-7-24(17-26(22)29)28(33)31-12-9-20-5-8-27-23(15-20)10-13-30-27/h5-8,10,13,15,17,21,25,30H,3-4,9,11-12,14,16,18-19H2,1-2H3/p+1/t25?,29-,32?/m1/s1. The first-order chi connectivity index (χ1) is 15.9. The summed E-state index contributed by atoms with van der Waals surface area (Å²) in [4.78, 5) is 16.2. The van der Waals surface area contributed by atoms with Gasteiger partial charge in [0.05, 0.1) is 26.2 Å². The number of benzene rings is 2. The topological polar surface area (TPSA) is 44.9 Å². The van der Waals surface area contributed by atoms with Crippen molar-refractivity contribution in [3.05, 3.63) is 70.9 Å².